The molecule has 0 N–H and O–H groups in total. The molecule has 0 spiro atoms. The number of nitrogens with zero attached hydrogens (tertiary/aromatic N) is 3. The van der Waals surface area contributed by atoms with Gasteiger partial charge in [0.15, 0.2) is 5.69 Å². The van der Waals surface area contributed by atoms with Crippen LogP contribution in [0.2, 0.25) is 0 Å². The average molecular weight is 281 g/mol. The van der Waals surface area contributed by atoms with Gasteiger partial charge in [0.05, 0.1) is 16.7 Å². The van der Waals surface area contributed by atoms with Crippen LogP contribution in [-0.2, 0) is 0 Å². The van der Waals surface area contributed by atoms with Crippen molar-refractivity contribution in [2.75, 3.05) is 0 Å². The van der Waals surface area contributed by atoms with Gasteiger partial charge in [-0.1, -0.05) is 42.5 Å². The Morgan fingerprint density at radius 3 is 2.18 bits per heavy atom. The standard InChI is InChI=1S/C19H11N3/c20-12-19-15(11-14-6-2-4-8-17(14)22-19)18-10-9-13-5-1-3-7-16(13)21-18/h1-11H. The Kier molecular flexibility index (Phi) is 2.80. The first-order valence-electron chi connectivity index (χ1n) is 7.01. The molecule has 0 radical (unpaired) electrons. The van der Waals surface area contributed by atoms with Crippen LogP contribution in [0.3, 0.4) is 0 Å². The van der Waals surface area contributed by atoms with Crippen LogP contribution in [-0.4, -0.2) is 9.97 Å². The molecule has 3 nitrogen and oxygen atoms in total. The van der Waals surface area contributed by atoms with Crippen molar-refractivity contribution in [2.45, 2.75) is 0 Å². The summed E-state index contributed by atoms with van der Waals surface area (Å²) in [6, 6.07) is 23.9. The van der Waals surface area contributed by atoms with Gasteiger partial charge in [0.1, 0.15) is 6.07 Å². The molecule has 0 atom stereocenters. The third kappa shape index (κ3) is 1.99. The van der Waals surface area contributed by atoms with Crippen molar-refractivity contribution in [2.24, 2.45) is 0 Å². The minimum Gasteiger partial charge on any atom is -0.248 e. The number of fused-ring (bicyclic) bond motifs is 2. The van der Waals surface area contributed by atoms with E-state index < -0.39 is 0 Å². The maximum Gasteiger partial charge on any atom is 0.150 e. The number of nitriles is 1. The summed E-state index contributed by atoms with van der Waals surface area (Å²) in [6.07, 6.45) is 0. The van der Waals surface area contributed by atoms with E-state index in [2.05, 4.69) is 16.0 Å². The normalized spacial score (nSPS) is 10.7. The summed E-state index contributed by atoms with van der Waals surface area (Å²) in [4.78, 5) is 9.12. The zero-order chi connectivity index (χ0) is 14.9. The highest BCUT2D eigenvalue weighted by Crippen LogP contribution is 2.26. The number of benzene rings is 2. The second-order valence-corrected chi connectivity index (χ2v) is 5.08. The minimum absolute atomic E-state index is 0.404. The van der Waals surface area contributed by atoms with Gasteiger partial charge in [-0.15, -0.1) is 0 Å². The van der Waals surface area contributed by atoms with E-state index in [0.29, 0.717) is 5.69 Å². The molecule has 0 bridgehead atoms. The van der Waals surface area contributed by atoms with Crippen LogP contribution >= 0.6 is 0 Å². The molecule has 3 heteroatoms. The van der Waals surface area contributed by atoms with Crippen LogP contribution in [0.1, 0.15) is 5.69 Å². The third-order valence-corrected chi connectivity index (χ3v) is 3.70. The Hall–Kier alpha value is -3.25. The Morgan fingerprint density at radius 1 is 0.727 bits per heavy atom. The topological polar surface area (TPSA) is 49.6 Å². The minimum atomic E-state index is 0.404. The number of pyridine rings is 2. The van der Waals surface area contributed by atoms with Crippen molar-refractivity contribution in [1.82, 2.24) is 9.97 Å². The van der Waals surface area contributed by atoms with E-state index in [0.717, 1.165) is 33.1 Å². The van der Waals surface area contributed by atoms with Gasteiger partial charge in [0, 0.05) is 16.3 Å². The van der Waals surface area contributed by atoms with Gasteiger partial charge in [-0.05, 0) is 24.3 Å². The molecule has 2 aromatic carbocycles. The SMILES string of the molecule is N#Cc1nc2ccccc2cc1-c1ccc2ccccc2n1. The lowest BCUT2D eigenvalue weighted by Crippen LogP contribution is -1.93. The predicted octanol–water partition coefficient (Wildman–Crippen LogP) is 4.32. The quantitative estimate of drug-likeness (QED) is 0.522. The molecule has 0 aliphatic heterocycles. The van der Waals surface area contributed by atoms with Crippen LogP contribution in [0, 0.1) is 11.3 Å². The molecule has 4 rings (SSSR count). The van der Waals surface area contributed by atoms with Crippen molar-refractivity contribution in [3.8, 4) is 17.3 Å². The fourth-order valence-corrected chi connectivity index (χ4v) is 2.61. The highest BCUT2D eigenvalue weighted by molar-refractivity contribution is 5.87. The van der Waals surface area contributed by atoms with E-state index in [4.69, 9.17) is 0 Å². The number of para-hydroxylation sites is 2. The van der Waals surface area contributed by atoms with Crippen molar-refractivity contribution in [3.63, 3.8) is 0 Å². The van der Waals surface area contributed by atoms with Crippen LogP contribution in [0.5, 0.6) is 0 Å². The van der Waals surface area contributed by atoms with Gasteiger partial charge in [0.2, 0.25) is 0 Å². The summed E-state index contributed by atoms with van der Waals surface area (Å²) < 4.78 is 0. The second kappa shape index (κ2) is 4.94. The summed E-state index contributed by atoms with van der Waals surface area (Å²) in [7, 11) is 0. The van der Waals surface area contributed by atoms with E-state index in [1.165, 1.54) is 0 Å². The molecule has 0 saturated carbocycles. The molecular weight excluding hydrogens is 270 g/mol. The molecule has 2 aromatic heterocycles. The van der Waals surface area contributed by atoms with Crippen molar-refractivity contribution < 1.29 is 0 Å². The molecule has 0 fully saturated rings. The van der Waals surface area contributed by atoms with Crippen LogP contribution in [0.4, 0.5) is 0 Å². The van der Waals surface area contributed by atoms with Gasteiger partial charge in [-0.25, -0.2) is 9.97 Å². The monoisotopic (exact) mass is 281 g/mol. The molecule has 22 heavy (non-hydrogen) atoms. The number of hydrogen-bond donors (Lipinski definition) is 0. The summed E-state index contributed by atoms with van der Waals surface area (Å²) in [5.41, 5.74) is 3.68. The summed E-state index contributed by atoms with van der Waals surface area (Å²) >= 11 is 0. The van der Waals surface area contributed by atoms with Crippen LogP contribution < -0.4 is 0 Å². The first-order valence-corrected chi connectivity index (χ1v) is 7.01. The summed E-state index contributed by atoms with van der Waals surface area (Å²) in [5, 5.41) is 11.5. The first kappa shape index (κ1) is 12.5. The van der Waals surface area contributed by atoms with Gasteiger partial charge in [0.25, 0.3) is 0 Å². The zero-order valence-electron chi connectivity index (χ0n) is 11.7. The fraction of sp³-hybridized carbons (Fsp3) is 0. The molecule has 0 aliphatic rings. The number of hydrogen-bond acceptors (Lipinski definition) is 3. The highest BCUT2D eigenvalue weighted by atomic mass is 14.7. The lowest BCUT2D eigenvalue weighted by Gasteiger charge is -2.07. The Morgan fingerprint density at radius 2 is 1.41 bits per heavy atom. The molecule has 2 heterocycles. The largest absolute Gasteiger partial charge is 0.248 e. The molecule has 0 aliphatic carbocycles. The third-order valence-electron chi connectivity index (χ3n) is 3.70. The van der Waals surface area contributed by atoms with Crippen molar-refractivity contribution in [3.05, 3.63) is 72.4 Å². The van der Waals surface area contributed by atoms with Gasteiger partial charge in [-0.3, -0.25) is 0 Å². The average Bonchev–Trinajstić information content (AvgIpc) is 2.60. The van der Waals surface area contributed by atoms with E-state index >= 15 is 0 Å². The first-order chi connectivity index (χ1) is 10.8. The lowest BCUT2D eigenvalue weighted by molar-refractivity contribution is 1.30. The Balaban J connectivity index is 2.00. The summed E-state index contributed by atoms with van der Waals surface area (Å²) in [6.45, 7) is 0. The Labute approximate surface area is 127 Å². The maximum atomic E-state index is 9.41. The predicted molar refractivity (Wildman–Crippen MR) is 87.2 cm³/mol. The Bertz CT molecular complexity index is 1050. The van der Waals surface area contributed by atoms with E-state index in [-0.39, 0.29) is 0 Å². The van der Waals surface area contributed by atoms with E-state index in [9.17, 15) is 5.26 Å². The number of aromatic nitrogens is 2. The van der Waals surface area contributed by atoms with E-state index in [1.54, 1.807) is 0 Å². The van der Waals surface area contributed by atoms with Gasteiger partial charge < -0.3 is 0 Å². The van der Waals surface area contributed by atoms with Crippen molar-refractivity contribution >= 4 is 21.8 Å². The molecule has 0 amide bonds. The molecule has 102 valence electrons. The summed E-state index contributed by atoms with van der Waals surface area (Å²) in [5.74, 6) is 0. The van der Waals surface area contributed by atoms with Gasteiger partial charge >= 0.3 is 0 Å². The highest BCUT2D eigenvalue weighted by Gasteiger charge is 2.10. The molecule has 0 saturated heterocycles. The smallest absolute Gasteiger partial charge is 0.150 e. The van der Waals surface area contributed by atoms with Crippen LogP contribution in [0.15, 0.2) is 66.7 Å². The zero-order valence-corrected chi connectivity index (χ0v) is 11.7. The second-order valence-electron chi connectivity index (χ2n) is 5.08. The molecular formula is C19H11N3. The lowest BCUT2D eigenvalue weighted by atomic mass is 10.1. The maximum absolute atomic E-state index is 9.41. The van der Waals surface area contributed by atoms with Crippen LogP contribution in [0.25, 0.3) is 33.1 Å². The number of rotatable bonds is 1. The molecule has 0 unspecified atom stereocenters. The molecule has 4 aromatic rings. The fourth-order valence-electron chi connectivity index (χ4n) is 2.61. The van der Waals surface area contributed by atoms with Crippen molar-refractivity contribution in [1.29, 1.82) is 5.26 Å². The van der Waals surface area contributed by atoms with E-state index in [1.807, 2.05) is 66.7 Å². The van der Waals surface area contributed by atoms with Gasteiger partial charge in [-0.2, -0.15) is 5.26 Å².